The molecular weight excluding hydrogens is 178 g/mol. The molecule has 0 bridgehead atoms. The Balaban J connectivity index is 2.39. The average Bonchev–Trinajstić information content (AvgIpc) is 2.20. The van der Waals surface area contributed by atoms with E-state index >= 15 is 0 Å². The lowest BCUT2D eigenvalue weighted by Crippen LogP contribution is -2.31. The molecule has 0 aromatic heterocycles. The highest BCUT2D eigenvalue weighted by atomic mass is 16.1. The minimum atomic E-state index is -0.0282. The smallest absolute Gasteiger partial charge is 0.233 e. The van der Waals surface area contributed by atoms with Gasteiger partial charge in [0.1, 0.15) is 0 Å². The SMILES string of the molecule is CNC(=O)CNCc1ccccc1N. The fourth-order valence-corrected chi connectivity index (χ4v) is 1.09. The van der Waals surface area contributed by atoms with Crippen LogP contribution in [0, 0.1) is 0 Å². The van der Waals surface area contributed by atoms with Crippen LogP contribution in [-0.4, -0.2) is 19.5 Å². The van der Waals surface area contributed by atoms with Gasteiger partial charge in [-0.25, -0.2) is 0 Å². The Morgan fingerprint density at radius 3 is 2.79 bits per heavy atom. The van der Waals surface area contributed by atoms with Crippen molar-refractivity contribution in [1.82, 2.24) is 10.6 Å². The summed E-state index contributed by atoms with van der Waals surface area (Å²) in [5.41, 5.74) is 7.49. The van der Waals surface area contributed by atoms with E-state index in [-0.39, 0.29) is 5.91 Å². The van der Waals surface area contributed by atoms with Gasteiger partial charge in [0.25, 0.3) is 0 Å². The molecule has 0 saturated carbocycles. The molecule has 4 N–H and O–H groups in total. The molecule has 4 heteroatoms. The van der Waals surface area contributed by atoms with Gasteiger partial charge in [-0.3, -0.25) is 4.79 Å². The van der Waals surface area contributed by atoms with Gasteiger partial charge in [0, 0.05) is 19.3 Å². The molecule has 0 fully saturated rings. The zero-order valence-electron chi connectivity index (χ0n) is 8.21. The van der Waals surface area contributed by atoms with E-state index in [1.54, 1.807) is 7.05 Å². The zero-order chi connectivity index (χ0) is 10.4. The summed E-state index contributed by atoms with van der Waals surface area (Å²) in [5, 5.41) is 5.53. The highest BCUT2D eigenvalue weighted by molar-refractivity contribution is 5.77. The second-order valence-electron chi connectivity index (χ2n) is 2.98. The van der Waals surface area contributed by atoms with Gasteiger partial charge >= 0.3 is 0 Å². The van der Waals surface area contributed by atoms with Crippen LogP contribution < -0.4 is 16.4 Å². The molecule has 4 nitrogen and oxygen atoms in total. The first kappa shape index (κ1) is 10.5. The van der Waals surface area contributed by atoms with Crippen LogP contribution in [0.15, 0.2) is 24.3 Å². The van der Waals surface area contributed by atoms with Gasteiger partial charge in [0.2, 0.25) is 5.91 Å². The third kappa shape index (κ3) is 3.06. The Hall–Kier alpha value is -1.55. The molecule has 0 aliphatic carbocycles. The molecule has 14 heavy (non-hydrogen) atoms. The van der Waals surface area contributed by atoms with Crippen LogP contribution >= 0.6 is 0 Å². The first-order valence-corrected chi connectivity index (χ1v) is 4.48. The number of nitrogens with one attached hydrogen (secondary N) is 2. The number of likely N-dealkylation sites (N-methyl/N-ethyl adjacent to an activating group) is 1. The number of para-hydroxylation sites is 1. The van der Waals surface area contributed by atoms with E-state index in [1.807, 2.05) is 24.3 Å². The summed E-state index contributed by atoms with van der Waals surface area (Å²) >= 11 is 0. The summed E-state index contributed by atoms with van der Waals surface area (Å²) in [5.74, 6) is -0.0282. The van der Waals surface area contributed by atoms with Gasteiger partial charge in [-0.2, -0.15) is 0 Å². The van der Waals surface area contributed by atoms with Crippen molar-refractivity contribution < 1.29 is 4.79 Å². The fourth-order valence-electron chi connectivity index (χ4n) is 1.09. The van der Waals surface area contributed by atoms with Crippen molar-refractivity contribution in [3.63, 3.8) is 0 Å². The topological polar surface area (TPSA) is 67.2 Å². The van der Waals surface area contributed by atoms with E-state index in [9.17, 15) is 4.79 Å². The highest BCUT2D eigenvalue weighted by Gasteiger charge is 1.99. The van der Waals surface area contributed by atoms with Crippen molar-refractivity contribution in [2.75, 3.05) is 19.3 Å². The highest BCUT2D eigenvalue weighted by Crippen LogP contribution is 2.09. The molecule has 1 rings (SSSR count). The third-order valence-corrected chi connectivity index (χ3v) is 1.93. The maximum absolute atomic E-state index is 10.9. The van der Waals surface area contributed by atoms with Crippen LogP contribution in [0.4, 0.5) is 5.69 Å². The number of hydrogen-bond donors (Lipinski definition) is 3. The molecule has 0 spiro atoms. The zero-order valence-corrected chi connectivity index (χ0v) is 8.21. The van der Waals surface area contributed by atoms with Crippen molar-refractivity contribution in [2.24, 2.45) is 0 Å². The fraction of sp³-hybridized carbons (Fsp3) is 0.300. The molecule has 0 unspecified atom stereocenters. The van der Waals surface area contributed by atoms with Crippen LogP contribution in [0.2, 0.25) is 0 Å². The number of amides is 1. The van der Waals surface area contributed by atoms with E-state index in [2.05, 4.69) is 10.6 Å². The molecule has 1 aromatic carbocycles. The lowest BCUT2D eigenvalue weighted by atomic mass is 10.2. The first-order chi connectivity index (χ1) is 6.74. The van der Waals surface area contributed by atoms with Crippen molar-refractivity contribution >= 4 is 11.6 Å². The summed E-state index contributed by atoms with van der Waals surface area (Å²) in [7, 11) is 1.61. The Labute approximate surface area is 83.5 Å². The standard InChI is InChI=1S/C10H15N3O/c1-12-10(14)7-13-6-8-4-2-3-5-9(8)11/h2-5,13H,6-7,11H2,1H3,(H,12,14). The summed E-state index contributed by atoms with van der Waals surface area (Å²) in [4.78, 5) is 10.9. The minimum Gasteiger partial charge on any atom is -0.398 e. The van der Waals surface area contributed by atoms with E-state index in [0.29, 0.717) is 13.1 Å². The Bertz CT molecular complexity index is 312. The summed E-state index contributed by atoms with van der Waals surface area (Å²) in [6.45, 7) is 0.922. The summed E-state index contributed by atoms with van der Waals surface area (Å²) in [6, 6.07) is 7.59. The number of carbonyl (C=O) groups is 1. The van der Waals surface area contributed by atoms with Crippen molar-refractivity contribution in [1.29, 1.82) is 0 Å². The van der Waals surface area contributed by atoms with E-state index in [0.717, 1.165) is 11.3 Å². The molecule has 1 aromatic rings. The molecular formula is C10H15N3O. The van der Waals surface area contributed by atoms with Gasteiger partial charge in [0.15, 0.2) is 0 Å². The van der Waals surface area contributed by atoms with Crippen molar-refractivity contribution in [3.05, 3.63) is 29.8 Å². The monoisotopic (exact) mass is 193 g/mol. The van der Waals surface area contributed by atoms with Gasteiger partial charge in [-0.15, -0.1) is 0 Å². The minimum absolute atomic E-state index is 0.0282. The average molecular weight is 193 g/mol. The molecule has 1 amide bonds. The maximum Gasteiger partial charge on any atom is 0.233 e. The number of nitrogens with two attached hydrogens (primary N) is 1. The first-order valence-electron chi connectivity index (χ1n) is 4.48. The van der Waals surface area contributed by atoms with Gasteiger partial charge in [-0.05, 0) is 11.6 Å². The van der Waals surface area contributed by atoms with Crippen LogP contribution in [0.1, 0.15) is 5.56 Å². The summed E-state index contributed by atoms with van der Waals surface area (Å²) < 4.78 is 0. The van der Waals surface area contributed by atoms with E-state index < -0.39 is 0 Å². The van der Waals surface area contributed by atoms with Gasteiger partial charge in [0.05, 0.1) is 6.54 Å². The molecule has 0 heterocycles. The lowest BCUT2D eigenvalue weighted by molar-refractivity contribution is -0.119. The number of benzene rings is 1. The molecule has 76 valence electrons. The number of anilines is 1. The number of hydrogen-bond acceptors (Lipinski definition) is 3. The van der Waals surface area contributed by atoms with E-state index in [1.165, 1.54) is 0 Å². The van der Waals surface area contributed by atoms with Crippen molar-refractivity contribution in [2.45, 2.75) is 6.54 Å². The lowest BCUT2D eigenvalue weighted by Gasteiger charge is -2.06. The predicted molar refractivity (Wildman–Crippen MR) is 56.6 cm³/mol. The molecule has 0 aliphatic heterocycles. The number of nitrogen functional groups attached to an aromatic ring is 1. The van der Waals surface area contributed by atoms with Crippen LogP contribution in [0.25, 0.3) is 0 Å². The largest absolute Gasteiger partial charge is 0.398 e. The molecule has 0 saturated heterocycles. The maximum atomic E-state index is 10.9. The van der Waals surface area contributed by atoms with Crippen LogP contribution in [0.3, 0.4) is 0 Å². The van der Waals surface area contributed by atoms with Crippen LogP contribution in [-0.2, 0) is 11.3 Å². The molecule has 0 aliphatic rings. The van der Waals surface area contributed by atoms with Crippen molar-refractivity contribution in [3.8, 4) is 0 Å². The number of rotatable bonds is 4. The van der Waals surface area contributed by atoms with Gasteiger partial charge < -0.3 is 16.4 Å². The second kappa shape index (κ2) is 5.24. The normalized spacial score (nSPS) is 9.79. The van der Waals surface area contributed by atoms with Crippen LogP contribution in [0.5, 0.6) is 0 Å². The Morgan fingerprint density at radius 1 is 1.43 bits per heavy atom. The summed E-state index contributed by atoms with van der Waals surface area (Å²) in [6.07, 6.45) is 0. The molecule has 0 atom stereocenters. The Kier molecular flexibility index (Phi) is 3.94. The van der Waals surface area contributed by atoms with Gasteiger partial charge in [-0.1, -0.05) is 18.2 Å². The predicted octanol–water partition coefficient (Wildman–Crippen LogP) is 0.104. The molecule has 0 radical (unpaired) electrons. The number of carbonyl (C=O) groups excluding carboxylic acids is 1. The Morgan fingerprint density at radius 2 is 2.14 bits per heavy atom. The second-order valence-corrected chi connectivity index (χ2v) is 2.98. The third-order valence-electron chi connectivity index (χ3n) is 1.93. The quantitative estimate of drug-likeness (QED) is 0.594. The van der Waals surface area contributed by atoms with E-state index in [4.69, 9.17) is 5.73 Å².